The van der Waals surface area contributed by atoms with Crippen molar-refractivity contribution < 1.29 is 14.3 Å². The third-order valence-corrected chi connectivity index (χ3v) is 5.76. The minimum atomic E-state index is -0.247. The standard InChI is InChI=1S/C27H26N2O3S/c1-2-3-17-31-23-15-11-22(12-16-23)25-19-33-27(28-25)29-26(30)18-32-24-13-9-21(10-14-24)20-7-5-4-6-8-20/h4-16,19H,2-3,17-18H2,1H3,(H,28,29,30). The van der Waals surface area contributed by atoms with Crippen LogP contribution in [0.15, 0.2) is 84.2 Å². The number of carbonyl (C=O) groups excluding carboxylic acids is 1. The van der Waals surface area contributed by atoms with Crippen molar-refractivity contribution in [3.63, 3.8) is 0 Å². The van der Waals surface area contributed by atoms with Gasteiger partial charge in [-0.25, -0.2) is 4.98 Å². The number of benzene rings is 3. The molecule has 6 heteroatoms. The Labute approximate surface area is 198 Å². The van der Waals surface area contributed by atoms with Crippen LogP contribution in [0.1, 0.15) is 19.8 Å². The predicted octanol–water partition coefficient (Wildman–Crippen LogP) is 6.67. The average Bonchev–Trinajstić information content (AvgIpc) is 3.32. The summed E-state index contributed by atoms with van der Waals surface area (Å²) in [4.78, 5) is 16.8. The lowest BCUT2D eigenvalue weighted by Gasteiger charge is -2.07. The summed E-state index contributed by atoms with van der Waals surface area (Å²) in [7, 11) is 0. The highest BCUT2D eigenvalue weighted by molar-refractivity contribution is 7.14. The van der Waals surface area contributed by atoms with Crippen LogP contribution in [0.2, 0.25) is 0 Å². The number of ether oxygens (including phenoxy) is 2. The molecule has 0 bridgehead atoms. The first-order valence-electron chi connectivity index (χ1n) is 11.0. The molecule has 0 atom stereocenters. The second-order valence-electron chi connectivity index (χ2n) is 7.49. The van der Waals surface area contributed by atoms with E-state index in [1.54, 1.807) is 0 Å². The Morgan fingerprint density at radius 2 is 1.48 bits per heavy atom. The van der Waals surface area contributed by atoms with Gasteiger partial charge in [-0.3, -0.25) is 10.1 Å². The second-order valence-corrected chi connectivity index (χ2v) is 8.35. The van der Waals surface area contributed by atoms with Gasteiger partial charge in [-0.05, 0) is 53.9 Å². The molecule has 4 rings (SSSR count). The normalized spacial score (nSPS) is 10.6. The predicted molar refractivity (Wildman–Crippen MR) is 134 cm³/mol. The smallest absolute Gasteiger partial charge is 0.264 e. The fourth-order valence-corrected chi connectivity index (χ4v) is 3.93. The number of thiazole rings is 1. The molecule has 0 unspecified atom stereocenters. The Kier molecular flexibility index (Phi) is 7.72. The van der Waals surface area contributed by atoms with Gasteiger partial charge in [-0.15, -0.1) is 11.3 Å². The van der Waals surface area contributed by atoms with Crippen LogP contribution in [-0.4, -0.2) is 24.1 Å². The van der Waals surface area contributed by atoms with Gasteiger partial charge in [0, 0.05) is 10.9 Å². The van der Waals surface area contributed by atoms with E-state index < -0.39 is 0 Å². The van der Waals surface area contributed by atoms with E-state index in [0.717, 1.165) is 47.6 Å². The highest BCUT2D eigenvalue weighted by atomic mass is 32.1. The lowest BCUT2D eigenvalue weighted by molar-refractivity contribution is -0.118. The summed E-state index contributed by atoms with van der Waals surface area (Å²) in [5.74, 6) is 1.25. The second kappa shape index (κ2) is 11.3. The molecule has 0 radical (unpaired) electrons. The molecule has 1 N–H and O–H groups in total. The van der Waals surface area contributed by atoms with E-state index in [1.807, 2.05) is 72.1 Å². The molecule has 1 heterocycles. The molecule has 0 aliphatic heterocycles. The first-order chi connectivity index (χ1) is 16.2. The number of amides is 1. The van der Waals surface area contributed by atoms with E-state index in [9.17, 15) is 4.79 Å². The van der Waals surface area contributed by atoms with Crippen LogP contribution in [0, 0.1) is 0 Å². The molecule has 168 valence electrons. The van der Waals surface area contributed by atoms with Crippen molar-refractivity contribution in [2.45, 2.75) is 19.8 Å². The third kappa shape index (κ3) is 6.43. The Balaban J connectivity index is 1.27. The van der Waals surface area contributed by atoms with Gasteiger partial charge in [0.25, 0.3) is 5.91 Å². The number of carbonyl (C=O) groups is 1. The molecule has 1 aromatic heterocycles. The molecule has 3 aromatic carbocycles. The molecule has 33 heavy (non-hydrogen) atoms. The number of hydrogen-bond donors (Lipinski definition) is 1. The number of aromatic nitrogens is 1. The van der Waals surface area contributed by atoms with Crippen molar-refractivity contribution in [1.29, 1.82) is 0 Å². The van der Waals surface area contributed by atoms with Crippen molar-refractivity contribution in [2.24, 2.45) is 0 Å². The zero-order valence-corrected chi connectivity index (χ0v) is 19.3. The van der Waals surface area contributed by atoms with Crippen LogP contribution in [0.4, 0.5) is 5.13 Å². The maximum Gasteiger partial charge on any atom is 0.264 e. The van der Waals surface area contributed by atoms with Crippen LogP contribution in [0.25, 0.3) is 22.4 Å². The molecule has 0 spiro atoms. The molecule has 0 fully saturated rings. The van der Waals surface area contributed by atoms with Crippen LogP contribution >= 0.6 is 11.3 Å². The monoisotopic (exact) mass is 458 g/mol. The number of unbranched alkanes of at least 4 members (excludes halogenated alkanes) is 1. The van der Waals surface area contributed by atoms with Crippen molar-refractivity contribution >= 4 is 22.4 Å². The lowest BCUT2D eigenvalue weighted by Crippen LogP contribution is -2.20. The highest BCUT2D eigenvalue weighted by Gasteiger charge is 2.09. The summed E-state index contributed by atoms with van der Waals surface area (Å²) >= 11 is 1.39. The van der Waals surface area contributed by atoms with Gasteiger partial charge in [0.2, 0.25) is 0 Å². The van der Waals surface area contributed by atoms with Crippen LogP contribution in [-0.2, 0) is 4.79 Å². The van der Waals surface area contributed by atoms with Crippen LogP contribution in [0.5, 0.6) is 11.5 Å². The molecule has 0 aliphatic carbocycles. The van der Waals surface area contributed by atoms with Gasteiger partial charge >= 0.3 is 0 Å². The Hall–Kier alpha value is -3.64. The lowest BCUT2D eigenvalue weighted by atomic mass is 10.1. The molecule has 0 aliphatic rings. The Morgan fingerprint density at radius 3 is 2.18 bits per heavy atom. The number of nitrogens with one attached hydrogen (secondary N) is 1. The Morgan fingerprint density at radius 1 is 0.848 bits per heavy atom. The highest BCUT2D eigenvalue weighted by Crippen LogP contribution is 2.27. The van der Waals surface area contributed by atoms with E-state index >= 15 is 0 Å². The van der Waals surface area contributed by atoms with Crippen molar-refractivity contribution in [2.75, 3.05) is 18.5 Å². The first kappa shape index (κ1) is 22.6. The summed E-state index contributed by atoms with van der Waals surface area (Å²) in [6, 6.07) is 25.7. The van der Waals surface area contributed by atoms with Crippen molar-refractivity contribution in [3.8, 4) is 33.9 Å². The molecule has 4 aromatic rings. The largest absolute Gasteiger partial charge is 0.494 e. The maximum atomic E-state index is 12.3. The number of hydrogen-bond acceptors (Lipinski definition) is 5. The van der Waals surface area contributed by atoms with Crippen molar-refractivity contribution in [1.82, 2.24) is 4.98 Å². The molecule has 0 saturated carbocycles. The zero-order chi connectivity index (χ0) is 22.9. The summed E-state index contributed by atoms with van der Waals surface area (Å²) in [5, 5.41) is 5.27. The summed E-state index contributed by atoms with van der Waals surface area (Å²) < 4.78 is 11.3. The van der Waals surface area contributed by atoms with Gasteiger partial charge in [-0.1, -0.05) is 55.8 Å². The van der Waals surface area contributed by atoms with Crippen LogP contribution < -0.4 is 14.8 Å². The SMILES string of the molecule is CCCCOc1ccc(-c2csc(NC(=O)COc3ccc(-c4ccccc4)cc3)n2)cc1. The maximum absolute atomic E-state index is 12.3. The number of nitrogens with zero attached hydrogens (tertiary/aromatic N) is 1. The summed E-state index contributed by atoms with van der Waals surface area (Å²) in [6.45, 7) is 2.78. The van der Waals surface area contributed by atoms with E-state index in [0.29, 0.717) is 10.9 Å². The van der Waals surface area contributed by atoms with E-state index in [4.69, 9.17) is 9.47 Å². The van der Waals surface area contributed by atoms with Gasteiger partial charge in [0.1, 0.15) is 11.5 Å². The fraction of sp³-hybridized carbons (Fsp3) is 0.185. The van der Waals surface area contributed by atoms with Crippen molar-refractivity contribution in [3.05, 3.63) is 84.2 Å². The quantitative estimate of drug-likeness (QED) is 0.270. The Bertz CT molecular complexity index is 1160. The average molecular weight is 459 g/mol. The van der Waals surface area contributed by atoms with Gasteiger partial charge in [0.15, 0.2) is 11.7 Å². The minimum Gasteiger partial charge on any atom is -0.494 e. The number of anilines is 1. The molecular weight excluding hydrogens is 432 g/mol. The van der Waals surface area contributed by atoms with E-state index in [1.165, 1.54) is 11.3 Å². The molecule has 1 amide bonds. The van der Waals surface area contributed by atoms with Crippen LogP contribution in [0.3, 0.4) is 0 Å². The molecular formula is C27H26N2O3S. The molecule has 0 saturated heterocycles. The summed E-state index contributed by atoms with van der Waals surface area (Å²) in [6.07, 6.45) is 2.15. The number of rotatable bonds is 10. The molecule has 5 nitrogen and oxygen atoms in total. The third-order valence-electron chi connectivity index (χ3n) is 5.00. The fourth-order valence-electron chi connectivity index (χ4n) is 3.20. The van der Waals surface area contributed by atoms with E-state index in [2.05, 4.69) is 29.4 Å². The van der Waals surface area contributed by atoms with E-state index in [-0.39, 0.29) is 12.5 Å². The zero-order valence-electron chi connectivity index (χ0n) is 18.5. The van der Waals surface area contributed by atoms with Gasteiger partial charge in [0.05, 0.1) is 12.3 Å². The van der Waals surface area contributed by atoms with Gasteiger partial charge in [-0.2, -0.15) is 0 Å². The minimum absolute atomic E-state index is 0.0800. The summed E-state index contributed by atoms with van der Waals surface area (Å²) in [5.41, 5.74) is 4.03. The van der Waals surface area contributed by atoms with Gasteiger partial charge < -0.3 is 9.47 Å². The topological polar surface area (TPSA) is 60.5 Å². The first-order valence-corrected chi connectivity index (χ1v) is 11.9.